The van der Waals surface area contributed by atoms with Crippen LogP contribution in [0.1, 0.15) is 25.0 Å². The molecule has 1 aliphatic heterocycles. The topological polar surface area (TPSA) is 3.24 Å². The molecular weight excluding hydrogens is 158 g/mol. The van der Waals surface area contributed by atoms with Gasteiger partial charge in [0.25, 0.3) is 0 Å². The summed E-state index contributed by atoms with van der Waals surface area (Å²) in [6.07, 6.45) is 0. The van der Waals surface area contributed by atoms with Crippen molar-refractivity contribution in [1.82, 2.24) is 4.90 Å². The molecule has 1 heterocycles. The van der Waals surface area contributed by atoms with E-state index in [-0.39, 0.29) is 5.41 Å². The molecule has 0 saturated heterocycles. The van der Waals surface area contributed by atoms with Crippen LogP contribution in [0, 0.1) is 6.54 Å². The molecule has 2 rings (SSSR count). The molecule has 1 aromatic rings. The largest absolute Gasteiger partial charge is 0.297 e. The maximum absolute atomic E-state index is 2.30. The highest BCUT2D eigenvalue weighted by Gasteiger charge is 2.29. The van der Waals surface area contributed by atoms with Crippen molar-refractivity contribution in [2.45, 2.75) is 19.3 Å². The van der Waals surface area contributed by atoms with E-state index in [1.807, 2.05) is 0 Å². The lowest BCUT2D eigenvalue weighted by molar-refractivity contribution is 0.301. The van der Waals surface area contributed by atoms with Crippen molar-refractivity contribution in [2.75, 3.05) is 13.6 Å². The van der Waals surface area contributed by atoms with Crippen molar-refractivity contribution in [3.8, 4) is 0 Å². The van der Waals surface area contributed by atoms with Gasteiger partial charge in [0, 0.05) is 12.0 Å². The maximum atomic E-state index is 2.30. The van der Waals surface area contributed by atoms with Crippen molar-refractivity contribution < 1.29 is 0 Å². The number of likely N-dealkylation sites (N-methyl/N-ethyl adjacent to an activating group) is 1. The third kappa shape index (κ3) is 1.49. The maximum Gasteiger partial charge on any atom is 0.0546 e. The summed E-state index contributed by atoms with van der Waals surface area (Å²) in [7, 11) is 2.14. The van der Waals surface area contributed by atoms with Gasteiger partial charge in [0.2, 0.25) is 0 Å². The Balaban J connectivity index is 2.50. The minimum absolute atomic E-state index is 0.278. The van der Waals surface area contributed by atoms with Crippen LogP contribution >= 0.6 is 0 Å². The lowest BCUT2D eigenvalue weighted by atomic mass is 9.79. The highest BCUT2D eigenvalue weighted by molar-refractivity contribution is 5.40. The van der Waals surface area contributed by atoms with Gasteiger partial charge in [-0.05, 0) is 18.2 Å². The fraction of sp³-hybridized carbons (Fsp3) is 0.417. The van der Waals surface area contributed by atoms with Gasteiger partial charge in [-0.2, -0.15) is 0 Å². The quantitative estimate of drug-likeness (QED) is 0.584. The van der Waals surface area contributed by atoms with Crippen LogP contribution in [0.4, 0.5) is 0 Å². The van der Waals surface area contributed by atoms with E-state index in [4.69, 9.17) is 0 Å². The average molecular weight is 174 g/mol. The minimum atomic E-state index is 0.278. The van der Waals surface area contributed by atoms with E-state index >= 15 is 0 Å². The standard InChI is InChI=1S/C12H16N/c1-12(2)9-13(3)8-10-6-4-5-7-11(10)12/h4-8H,9H2,1-3H3. The Kier molecular flexibility index (Phi) is 1.92. The predicted octanol–water partition coefficient (Wildman–Crippen LogP) is 2.42. The molecule has 0 bridgehead atoms. The van der Waals surface area contributed by atoms with Crippen molar-refractivity contribution in [3.05, 3.63) is 41.9 Å². The average Bonchev–Trinajstić information content (AvgIpc) is 2.02. The molecule has 0 saturated carbocycles. The molecule has 13 heavy (non-hydrogen) atoms. The predicted molar refractivity (Wildman–Crippen MR) is 55.5 cm³/mol. The Hall–Kier alpha value is -0.820. The van der Waals surface area contributed by atoms with Crippen LogP contribution in [0.3, 0.4) is 0 Å². The molecule has 1 nitrogen and oxygen atoms in total. The Morgan fingerprint density at radius 3 is 2.69 bits per heavy atom. The number of fused-ring (bicyclic) bond motifs is 1. The lowest BCUT2D eigenvalue weighted by Crippen LogP contribution is -2.38. The first-order valence-corrected chi connectivity index (χ1v) is 4.74. The second-order valence-electron chi connectivity index (χ2n) is 4.52. The summed E-state index contributed by atoms with van der Waals surface area (Å²) in [6.45, 7) is 7.93. The van der Waals surface area contributed by atoms with E-state index in [1.54, 1.807) is 0 Å². The number of rotatable bonds is 0. The van der Waals surface area contributed by atoms with Crippen LogP contribution in [0.5, 0.6) is 0 Å². The Morgan fingerprint density at radius 2 is 1.92 bits per heavy atom. The normalized spacial score (nSPS) is 21.2. The van der Waals surface area contributed by atoms with Crippen LogP contribution in [-0.4, -0.2) is 18.5 Å². The zero-order chi connectivity index (χ0) is 9.47. The van der Waals surface area contributed by atoms with Crippen LogP contribution in [0.2, 0.25) is 0 Å². The summed E-state index contributed by atoms with van der Waals surface area (Å²) in [4.78, 5) is 2.27. The molecule has 0 N–H and O–H groups in total. The monoisotopic (exact) mass is 174 g/mol. The molecule has 1 aliphatic rings. The van der Waals surface area contributed by atoms with Gasteiger partial charge in [0.15, 0.2) is 0 Å². The summed E-state index contributed by atoms with van der Waals surface area (Å²) in [5.41, 5.74) is 3.11. The fourth-order valence-electron chi connectivity index (χ4n) is 2.22. The Labute approximate surface area is 80.4 Å². The van der Waals surface area contributed by atoms with Gasteiger partial charge >= 0.3 is 0 Å². The molecule has 69 valence electrons. The minimum Gasteiger partial charge on any atom is -0.297 e. The summed E-state index contributed by atoms with van der Waals surface area (Å²) in [5, 5.41) is 0. The molecule has 0 unspecified atom stereocenters. The molecular formula is C12H16N. The van der Waals surface area contributed by atoms with Crippen molar-refractivity contribution >= 4 is 0 Å². The molecule has 0 aliphatic carbocycles. The van der Waals surface area contributed by atoms with Gasteiger partial charge in [-0.25, -0.2) is 0 Å². The van der Waals surface area contributed by atoms with E-state index in [1.165, 1.54) is 11.1 Å². The van der Waals surface area contributed by atoms with Crippen LogP contribution in [0.25, 0.3) is 0 Å². The third-order valence-corrected chi connectivity index (χ3v) is 2.69. The van der Waals surface area contributed by atoms with Crippen molar-refractivity contribution in [1.29, 1.82) is 0 Å². The first kappa shape index (κ1) is 8.76. The van der Waals surface area contributed by atoms with Gasteiger partial charge < -0.3 is 0 Å². The third-order valence-electron chi connectivity index (χ3n) is 2.69. The molecule has 1 aromatic carbocycles. The van der Waals surface area contributed by atoms with E-state index < -0.39 is 0 Å². The second-order valence-corrected chi connectivity index (χ2v) is 4.52. The Morgan fingerprint density at radius 1 is 1.23 bits per heavy atom. The van der Waals surface area contributed by atoms with Crippen molar-refractivity contribution in [3.63, 3.8) is 0 Å². The molecule has 1 radical (unpaired) electrons. The number of hydrogen-bond acceptors (Lipinski definition) is 1. The first-order chi connectivity index (χ1) is 6.09. The van der Waals surface area contributed by atoms with E-state index in [0.717, 1.165) is 6.54 Å². The van der Waals surface area contributed by atoms with Gasteiger partial charge in [-0.3, -0.25) is 4.90 Å². The van der Waals surface area contributed by atoms with Crippen LogP contribution < -0.4 is 0 Å². The summed E-state index contributed by atoms with van der Waals surface area (Å²) in [6, 6.07) is 8.65. The first-order valence-electron chi connectivity index (χ1n) is 4.74. The van der Waals surface area contributed by atoms with Gasteiger partial charge in [-0.15, -0.1) is 0 Å². The molecule has 0 atom stereocenters. The molecule has 1 heteroatoms. The molecule has 0 amide bonds. The lowest BCUT2D eigenvalue weighted by Gasteiger charge is -2.37. The van der Waals surface area contributed by atoms with E-state index in [2.05, 4.69) is 56.6 Å². The number of hydrogen-bond donors (Lipinski definition) is 0. The summed E-state index contributed by atoms with van der Waals surface area (Å²) < 4.78 is 0. The Bertz CT molecular complexity index is 315. The zero-order valence-electron chi connectivity index (χ0n) is 8.54. The molecule has 0 aromatic heterocycles. The van der Waals surface area contributed by atoms with E-state index in [9.17, 15) is 0 Å². The van der Waals surface area contributed by atoms with Gasteiger partial charge in [0.1, 0.15) is 0 Å². The van der Waals surface area contributed by atoms with Gasteiger partial charge in [0.05, 0.1) is 6.54 Å². The summed E-state index contributed by atoms with van der Waals surface area (Å²) >= 11 is 0. The fourth-order valence-corrected chi connectivity index (χ4v) is 2.22. The van der Waals surface area contributed by atoms with Crippen molar-refractivity contribution in [2.24, 2.45) is 0 Å². The highest BCUT2D eigenvalue weighted by atomic mass is 15.1. The molecule has 0 spiro atoms. The van der Waals surface area contributed by atoms with Crippen LogP contribution in [-0.2, 0) is 5.41 Å². The smallest absolute Gasteiger partial charge is 0.0546 e. The van der Waals surface area contributed by atoms with Crippen LogP contribution in [0.15, 0.2) is 24.3 Å². The van der Waals surface area contributed by atoms with Gasteiger partial charge in [-0.1, -0.05) is 38.1 Å². The highest BCUT2D eigenvalue weighted by Crippen LogP contribution is 2.32. The van der Waals surface area contributed by atoms with E-state index in [0.29, 0.717) is 0 Å². The second kappa shape index (κ2) is 2.85. The zero-order valence-corrected chi connectivity index (χ0v) is 8.54. The number of benzene rings is 1. The summed E-state index contributed by atoms with van der Waals surface area (Å²) in [5.74, 6) is 0. The number of nitrogens with zero attached hydrogens (tertiary/aromatic N) is 1. The SMILES string of the molecule is CN1[CH]c2ccccc2C(C)(C)C1. The molecule has 0 fully saturated rings.